The second-order valence-electron chi connectivity index (χ2n) is 8.33. The lowest BCUT2D eigenvalue weighted by Gasteiger charge is -2.32. The van der Waals surface area contributed by atoms with Crippen LogP contribution in [-0.4, -0.2) is 22.1 Å². The van der Waals surface area contributed by atoms with E-state index in [1.165, 1.54) is 24.4 Å². The maximum absolute atomic E-state index is 13.5. The first-order chi connectivity index (χ1) is 12.9. The van der Waals surface area contributed by atoms with E-state index in [4.69, 9.17) is 10.5 Å². The topological polar surface area (TPSA) is 61.0 Å². The Hall–Kier alpha value is -2.22. The Kier molecular flexibility index (Phi) is 6.64. The Bertz CT molecular complexity index is 804. The molecule has 0 aromatic carbocycles. The van der Waals surface area contributed by atoms with Gasteiger partial charge in [0.05, 0.1) is 5.69 Å². The van der Waals surface area contributed by atoms with Gasteiger partial charge < -0.3 is 10.5 Å². The highest BCUT2D eigenvalue weighted by atomic mass is 19.3. The molecule has 0 aliphatic rings. The highest BCUT2D eigenvalue weighted by molar-refractivity contribution is 5.60. The van der Waals surface area contributed by atoms with Gasteiger partial charge in [-0.15, -0.1) is 0 Å². The molecule has 2 rings (SSSR count). The van der Waals surface area contributed by atoms with E-state index in [0.29, 0.717) is 6.42 Å². The van der Waals surface area contributed by atoms with Crippen molar-refractivity contribution in [1.29, 1.82) is 0 Å². The van der Waals surface area contributed by atoms with Crippen molar-refractivity contribution in [3.05, 3.63) is 41.9 Å². The minimum atomic E-state index is -2.89. The Morgan fingerprint density at radius 1 is 1.04 bits per heavy atom. The van der Waals surface area contributed by atoms with Crippen LogP contribution in [0.2, 0.25) is 0 Å². The van der Waals surface area contributed by atoms with E-state index in [2.05, 4.69) is 9.97 Å². The molecule has 8 heteroatoms. The normalized spacial score (nSPS) is 14.4. The summed E-state index contributed by atoms with van der Waals surface area (Å²) in [6, 6.07) is 5.37. The average molecular weight is 399 g/mol. The summed E-state index contributed by atoms with van der Waals surface area (Å²) in [5.74, 6) is -0.0764. The monoisotopic (exact) mass is 399 g/mol. The van der Waals surface area contributed by atoms with Gasteiger partial charge in [0.15, 0.2) is 0 Å². The van der Waals surface area contributed by atoms with E-state index < -0.39 is 29.8 Å². The van der Waals surface area contributed by atoms with Gasteiger partial charge in [0.25, 0.3) is 12.9 Å². The molecule has 0 saturated heterocycles. The number of hydrogen-bond donors (Lipinski definition) is 1. The molecule has 0 radical (unpaired) electrons. The summed E-state index contributed by atoms with van der Waals surface area (Å²) in [4.78, 5) is 7.49. The van der Waals surface area contributed by atoms with E-state index in [0.717, 1.165) is 6.07 Å². The van der Waals surface area contributed by atoms with Crippen LogP contribution < -0.4 is 10.5 Å². The largest absolute Gasteiger partial charge is 0.490 e. The van der Waals surface area contributed by atoms with Gasteiger partial charge in [-0.2, -0.15) is 0 Å². The molecule has 0 aliphatic carbocycles. The number of hydrogen-bond acceptors (Lipinski definition) is 4. The van der Waals surface area contributed by atoms with E-state index in [9.17, 15) is 17.6 Å². The number of rotatable bonds is 7. The zero-order valence-corrected chi connectivity index (χ0v) is 16.3. The van der Waals surface area contributed by atoms with Gasteiger partial charge in [-0.05, 0) is 43.0 Å². The molecule has 0 saturated carbocycles. The molecular weight excluding hydrogens is 374 g/mol. The van der Waals surface area contributed by atoms with Crippen molar-refractivity contribution in [2.45, 2.75) is 52.5 Å². The maximum Gasteiger partial charge on any atom is 0.284 e. The van der Waals surface area contributed by atoms with Gasteiger partial charge in [0.1, 0.15) is 23.7 Å². The second-order valence-corrected chi connectivity index (χ2v) is 8.33. The van der Waals surface area contributed by atoms with Crippen LogP contribution in [0, 0.1) is 5.41 Å². The summed E-state index contributed by atoms with van der Waals surface area (Å²) >= 11 is 0. The highest BCUT2D eigenvalue weighted by Crippen LogP contribution is 2.32. The number of ether oxygens (including phenoxy) is 1. The van der Waals surface area contributed by atoms with Crippen LogP contribution in [0.1, 0.15) is 58.4 Å². The Morgan fingerprint density at radius 2 is 1.71 bits per heavy atom. The Morgan fingerprint density at radius 3 is 2.29 bits per heavy atom. The van der Waals surface area contributed by atoms with Crippen molar-refractivity contribution in [3.8, 4) is 17.0 Å². The number of halogens is 4. The molecule has 2 aromatic rings. The predicted octanol–water partition coefficient (Wildman–Crippen LogP) is 5.55. The van der Waals surface area contributed by atoms with E-state index in [1.807, 2.05) is 20.8 Å². The van der Waals surface area contributed by atoms with E-state index >= 15 is 0 Å². The molecule has 0 aliphatic heterocycles. The van der Waals surface area contributed by atoms with Crippen LogP contribution in [0.25, 0.3) is 11.3 Å². The van der Waals surface area contributed by atoms with Crippen molar-refractivity contribution >= 4 is 0 Å². The fourth-order valence-corrected chi connectivity index (χ4v) is 3.13. The molecule has 28 heavy (non-hydrogen) atoms. The molecule has 0 spiro atoms. The molecule has 0 amide bonds. The molecule has 2 aromatic heterocycles. The van der Waals surface area contributed by atoms with E-state index in [1.54, 1.807) is 6.92 Å². The predicted molar refractivity (Wildman–Crippen MR) is 99.5 cm³/mol. The zero-order chi connectivity index (χ0) is 21.1. The molecule has 1 unspecified atom stereocenters. The van der Waals surface area contributed by atoms with Gasteiger partial charge in [0.2, 0.25) is 0 Å². The number of nitrogens with two attached hydrogens (primary N) is 1. The molecule has 1 atom stereocenters. The number of alkyl halides is 4. The second kappa shape index (κ2) is 8.43. The van der Waals surface area contributed by atoms with Gasteiger partial charge in [-0.1, -0.05) is 20.8 Å². The van der Waals surface area contributed by atoms with Gasteiger partial charge >= 0.3 is 0 Å². The molecule has 2 N–H and O–H groups in total. The van der Waals surface area contributed by atoms with Crippen LogP contribution in [0.15, 0.2) is 30.5 Å². The third-order valence-corrected chi connectivity index (χ3v) is 3.88. The molecule has 2 heterocycles. The Balaban J connectivity index is 2.27. The molecule has 0 fully saturated rings. The minimum absolute atomic E-state index is 0.0375. The van der Waals surface area contributed by atoms with Gasteiger partial charge in [-0.3, -0.25) is 4.98 Å². The van der Waals surface area contributed by atoms with Crippen LogP contribution >= 0.6 is 0 Å². The molecule has 0 bridgehead atoms. The fourth-order valence-electron chi connectivity index (χ4n) is 3.13. The summed E-state index contributed by atoms with van der Waals surface area (Å²) in [5, 5.41) is 0. The van der Waals surface area contributed by atoms with Crippen LogP contribution in [0.5, 0.6) is 5.75 Å². The van der Waals surface area contributed by atoms with Crippen molar-refractivity contribution < 1.29 is 22.3 Å². The van der Waals surface area contributed by atoms with Crippen molar-refractivity contribution in [3.63, 3.8) is 0 Å². The quantitative estimate of drug-likeness (QED) is 0.620. The first-order valence-corrected chi connectivity index (χ1v) is 8.83. The summed E-state index contributed by atoms with van der Waals surface area (Å²) in [5.41, 5.74) is 4.87. The summed E-state index contributed by atoms with van der Waals surface area (Å²) < 4.78 is 58.3. The first-order valence-electron chi connectivity index (χ1n) is 8.83. The average Bonchev–Trinajstić information content (AvgIpc) is 2.58. The molecule has 154 valence electrons. The van der Waals surface area contributed by atoms with Crippen molar-refractivity contribution in [2.75, 3.05) is 6.61 Å². The fraction of sp³-hybridized carbons (Fsp3) is 0.500. The maximum atomic E-state index is 13.5. The SMILES string of the molecule is CC(C)(C)CC(C)(N)COc1ccc(-c2ccnc(C(F)F)c2)nc1C(F)F. The summed E-state index contributed by atoms with van der Waals surface area (Å²) in [6.45, 7) is 7.92. The van der Waals surface area contributed by atoms with Gasteiger partial charge in [0, 0.05) is 17.3 Å². The summed E-state index contributed by atoms with van der Waals surface area (Å²) in [7, 11) is 0. The Labute approximate surface area is 162 Å². The van der Waals surface area contributed by atoms with Crippen molar-refractivity contribution in [2.24, 2.45) is 11.1 Å². The number of aromatic nitrogens is 2. The van der Waals surface area contributed by atoms with E-state index in [-0.39, 0.29) is 29.0 Å². The number of nitrogens with zero attached hydrogens (tertiary/aromatic N) is 2. The van der Waals surface area contributed by atoms with Crippen LogP contribution in [-0.2, 0) is 0 Å². The molecule has 4 nitrogen and oxygen atoms in total. The highest BCUT2D eigenvalue weighted by Gasteiger charge is 2.28. The van der Waals surface area contributed by atoms with Crippen molar-refractivity contribution in [1.82, 2.24) is 9.97 Å². The lowest BCUT2D eigenvalue weighted by molar-refractivity contribution is 0.131. The lowest BCUT2D eigenvalue weighted by Crippen LogP contribution is -2.45. The number of pyridine rings is 2. The zero-order valence-electron chi connectivity index (χ0n) is 16.3. The standard InChI is InChI=1S/C20H25F4N3O/c1-19(2,3)10-20(4,25)11-28-15-6-5-13(27-16(15)18(23)24)12-7-8-26-14(9-12)17(21)22/h5-9,17-18H,10-11,25H2,1-4H3. The lowest BCUT2D eigenvalue weighted by atomic mass is 9.82. The first kappa shape index (κ1) is 22.1. The third-order valence-electron chi connectivity index (χ3n) is 3.88. The van der Waals surface area contributed by atoms with Gasteiger partial charge in [-0.25, -0.2) is 22.5 Å². The minimum Gasteiger partial charge on any atom is -0.490 e. The molecular formula is C20H25F4N3O. The van der Waals surface area contributed by atoms with Crippen LogP contribution in [0.3, 0.4) is 0 Å². The summed E-state index contributed by atoms with van der Waals surface area (Å²) in [6.07, 6.45) is -3.83. The smallest absolute Gasteiger partial charge is 0.284 e. The third kappa shape index (κ3) is 6.15. The van der Waals surface area contributed by atoms with Crippen LogP contribution in [0.4, 0.5) is 17.6 Å².